The van der Waals surface area contributed by atoms with Gasteiger partial charge in [0.2, 0.25) is 5.76 Å². The summed E-state index contributed by atoms with van der Waals surface area (Å²) < 4.78 is 4.94. The van der Waals surface area contributed by atoms with Crippen LogP contribution in [0.15, 0.2) is 41.1 Å². The molecule has 0 aliphatic rings. The third kappa shape index (κ3) is 2.95. The Kier molecular flexibility index (Phi) is 3.74. The fourth-order valence-corrected chi connectivity index (χ4v) is 1.76. The molecule has 1 N–H and O–H groups in total. The lowest BCUT2D eigenvalue weighted by molar-refractivity contribution is 0.0659. The Labute approximate surface area is 105 Å². The van der Waals surface area contributed by atoms with Gasteiger partial charge in [0.05, 0.1) is 12.0 Å². The summed E-state index contributed by atoms with van der Waals surface area (Å²) in [6, 6.07) is 7.40. The molecule has 0 aliphatic carbocycles. The van der Waals surface area contributed by atoms with Gasteiger partial charge in [-0.15, -0.1) is 0 Å². The van der Waals surface area contributed by atoms with Crippen LogP contribution in [0.2, 0.25) is 0 Å². The van der Waals surface area contributed by atoms with Gasteiger partial charge >= 0.3 is 5.97 Å². The molecule has 94 valence electrons. The average molecular weight is 246 g/mol. The maximum atomic E-state index is 10.9. The Balaban J connectivity index is 2.01. The second kappa shape index (κ2) is 5.46. The lowest BCUT2D eigenvalue weighted by Crippen LogP contribution is -2.18. The van der Waals surface area contributed by atoms with Crippen LogP contribution in [0.4, 0.5) is 0 Å². The van der Waals surface area contributed by atoms with Crippen molar-refractivity contribution in [1.29, 1.82) is 0 Å². The smallest absolute Gasteiger partial charge is 0.372 e. The zero-order valence-electron chi connectivity index (χ0n) is 10.0. The maximum absolute atomic E-state index is 10.9. The number of aromatic nitrogens is 1. The Morgan fingerprint density at radius 3 is 2.89 bits per heavy atom. The molecule has 0 spiro atoms. The molecule has 5 nitrogen and oxygen atoms in total. The van der Waals surface area contributed by atoms with E-state index in [0.29, 0.717) is 18.7 Å². The average Bonchev–Trinajstić information content (AvgIpc) is 2.78. The van der Waals surface area contributed by atoms with E-state index in [0.717, 1.165) is 5.69 Å². The number of rotatable bonds is 5. The lowest BCUT2D eigenvalue weighted by atomic mass is 10.2. The van der Waals surface area contributed by atoms with E-state index in [1.807, 2.05) is 30.1 Å². The van der Waals surface area contributed by atoms with Gasteiger partial charge in [-0.3, -0.25) is 9.88 Å². The molecule has 0 aliphatic heterocycles. The van der Waals surface area contributed by atoms with E-state index >= 15 is 0 Å². The molecule has 18 heavy (non-hydrogen) atoms. The van der Waals surface area contributed by atoms with Crippen molar-refractivity contribution in [2.75, 3.05) is 7.05 Å². The minimum Gasteiger partial charge on any atom is -0.475 e. The number of carboxylic acids is 1. The summed E-state index contributed by atoms with van der Waals surface area (Å²) >= 11 is 0. The van der Waals surface area contributed by atoms with E-state index in [1.165, 1.54) is 6.26 Å². The maximum Gasteiger partial charge on any atom is 0.372 e. The molecule has 0 bridgehead atoms. The largest absolute Gasteiger partial charge is 0.475 e. The summed E-state index contributed by atoms with van der Waals surface area (Å²) in [5, 5.41) is 8.93. The SMILES string of the molecule is CN(Cc1ccccn1)Cc1ccoc1C(=O)O. The lowest BCUT2D eigenvalue weighted by Gasteiger charge is -2.15. The Bertz CT molecular complexity index is 522. The molecule has 0 fully saturated rings. The third-order valence-corrected chi connectivity index (χ3v) is 2.54. The fraction of sp³-hybridized carbons (Fsp3) is 0.231. The van der Waals surface area contributed by atoms with Crippen molar-refractivity contribution in [3.05, 3.63) is 53.7 Å². The van der Waals surface area contributed by atoms with Crippen LogP contribution in [0.3, 0.4) is 0 Å². The highest BCUT2D eigenvalue weighted by Crippen LogP contribution is 2.13. The van der Waals surface area contributed by atoms with Crippen molar-refractivity contribution in [2.45, 2.75) is 13.1 Å². The minimum absolute atomic E-state index is 0.00266. The molecule has 2 aromatic heterocycles. The molecule has 0 unspecified atom stereocenters. The van der Waals surface area contributed by atoms with Crippen LogP contribution in [0.1, 0.15) is 21.8 Å². The molecule has 0 saturated heterocycles. The van der Waals surface area contributed by atoms with E-state index in [4.69, 9.17) is 9.52 Å². The third-order valence-electron chi connectivity index (χ3n) is 2.54. The van der Waals surface area contributed by atoms with Crippen LogP contribution in [-0.2, 0) is 13.1 Å². The van der Waals surface area contributed by atoms with E-state index in [-0.39, 0.29) is 5.76 Å². The first kappa shape index (κ1) is 12.3. The van der Waals surface area contributed by atoms with E-state index in [9.17, 15) is 4.79 Å². The molecular formula is C13H14N2O3. The van der Waals surface area contributed by atoms with Crippen molar-refractivity contribution >= 4 is 5.97 Å². The molecule has 0 radical (unpaired) electrons. The second-order valence-electron chi connectivity index (χ2n) is 4.07. The van der Waals surface area contributed by atoms with Gasteiger partial charge in [0, 0.05) is 24.8 Å². The first-order chi connectivity index (χ1) is 8.66. The first-order valence-electron chi connectivity index (χ1n) is 5.55. The highest BCUT2D eigenvalue weighted by Gasteiger charge is 2.15. The summed E-state index contributed by atoms with van der Waals surface area (Å²) in [6.07, 6.45) is 3.14. The van der Waals surface area contributed by atoms with Crippen LogP contribution < -0.4 is 0 Å². The first-order valence-corrected chi connectivity index (χ1v) is 5.55. The highest BCUT2D eigenvalue weighted by molar-refractivity contribution is 5.86. The van der Waals surface area contributed by atoms with Crippen LogP contribution in [-0.4, -0.2) is 28.0 Å². The van der Waals surface area contributed by atoms with Gasteiger partial charge in [-0.2, -0.15) is 0 Å². The molecular weight excluding hydrogens is 232 g/mol. The normalized spacial score (nSPS) is 10.8. The Hall–Kier alpha value is -2.14. The van der Waals surface area contributed by atoms with E-state index in [2.05, 4.69) is 4.98 Å². The van der Waals surface area contributed by atoms with Crippen LogP contribution in [0.5, 0.6) is 0 Å². The number of hydrogen-bond acceptors (Lipinski definition) is 4. The van der Waals surface area contributed by atoms with Gasteiger partial charge < -0.3 is 9.52 Å². The number of furan rings is 1. The van der Waals surface area contributed by atoms with Crippen molar-refractivity contribution in [2.24, 2.45) is 0 Å². The Morgan fingerprint density at radius 2 is 2.22 bits per heavy atom. The number of nitrogens with zero attached hydrogens (tertiary/aromatic N) is 2. The van der Waals surface area contributed by atoms with Gasteiger partial charge in [0.25, 0.3) is 0 Å². The zero-order chi connectivity index (χ0) is 13.0. The summed E-state index contributed by atoms with van der Waals surface area (Å²) in [5.41, 5.74) is 1.61. The van der Waals surface area contributed by atoms with Crippen molar-refractivity contribution in [3.8, 4) is 0 Å². The second-order valence-corrected chi connectivity index (χ2v) is 4.07. The number of carboxylic acid groups (broad SMARTS) is 1. The van der Waals surface area contributed by atoms with Crippen LogP contribution >= 0.6 is 0 Å². The van der Waals surface area contributed by atoms with Crippen molar-refractivity contribution in [1.82, 2.24) is 9.88 Å². The summed E-state index contributed by atoms with van der Waals surface area (Å²) in [6.45, 7) is 1.17. The standard InChI is InChI=1S/C13H14N2O3/c1-15(9-11-4-2-3-6-14-11)8-10-5-7-18-12(10)13(16)17/h2-7H,8-9H2,1H3,(H,16,17). The van der Waals surface area contributed by atoms with Gasteiger partial charge in [0.15, 0.2) is 0 Å². The minimum atomic E-state index is -1.04. The quantitative estimate of drug-likeness (QED) is 0.874. The molecule has 2 rings (SSSR count). The van der Waals surface area contributed by atoms with Gasteiger partial charge in [-0.1, -0.05) is 6.07 Å². The van der Waals surface area contributed by atoms with Gasteiger partial charge in [0.1, 0.15) is 0 Å². The van der Waals surface area contributed by atoms with E-state index in [1.54, 1.807) is 12.3 Å². The summed E-state index contributed by atoms with van der Waals surface area (Å²) in [5.74, 6) is -1.04. The van der Waals surface area contributed by atoms with Crippen molar-refractivity contribution in [3.63, 3.8) is 0 Å². The van der Waals surface area contributed by atoms with Gasteiger partial charge in [-0.25, -0.2) is 4.79 Å². The van der Waals surface area contributed by atoms with Gasteiger partial charge in [-0.05, 0) is 25.2 Å². The Morgan fingerprint density at radius 1 is 1.39 bits per heavy atom. The van der Waals surface area contributed by atoms with E-state index < -0.39 is 5.97 Å². The number of hydrogen-bond donors (Lipinski definition) is 1. The van der Waals surface area contributed by atoms with Crippen LogP contribution in [0, 0.1) is 0 Å². The van der Waals surface area contributed by atoms with Crippen molar-refractivity contribution < 1.29 is 14.3 Å². The molecule has 2 aromatic rings. The number of pyridine rings is 1. The molecule has 0 amide bonds. The summed E-state index contributed by atoms with van der Waals surface area (Å²) in [4.78, 5) is 17.1. The molecule has 0 aromatic carbocycles. The zero-order valence-corrected chi connectivity index (χ0v) is 10.0. The molecule has 5 heteroatoms. The predicted octanol–water partition coefficient (Wildman–Crippen LogP) is 2.00. The summed E-state index contributed by atoms with van der Waals surface area (Å²) in [7, 11) is 1.91. The highest BCUT2D eigenvalue weighted by atomic mass is 16.4. The van der Waals surface area contributed by atoms with Crippen LogP contribution in [0.25, 0.3) is 0 Å². The fourth-order valence-electron chi connectivity index (χ4n) is 1.76. The number of aromatic carboxylic acids is 1. The number of carbonyl (C=O) groups is 1. The monoisotopic (exact) mass is 246 g/mol. The molecule has 0 atom stereocenters. The molecule has 0 saturated carbocycles. The predicted molar refractivity (Wildman–Crippen MR) is 65.1 cm³/mol. The molecule has 2 heterocycles. The topological polar surface area (TPSA) is 66.6 Å².